The summed E-state index contributed by atoms with van der Waals surface area (Å²) < 4.78 is 12.8. The molecule has 4 nitrogen and oxygen atoms in total. The standard InChI is InChI=1S/C54H35ClN2O2/c55-40-31-45(56(41-23-19-38(20-24-41)36-11-3-1-4-12-36)43-27-29-49-47-15-7-9-17-51(47)58-53(49)34-43)33-46(32-40)57(42-25-21-39(22-26-42)37-13-5-2-6-14-37)44-28-30-50-48-16-8-10-18-52(48)59-54(50)35-44/h1-35H. The van der Waals surface area contributed by atoms with Crippen molar-refractivity contribution >= 4 is 89.6 Å². The maximum Gasteiger partial charge on any atom is 0.137 e. The molecule has 0 aliphatic rings. The van der Waals surface area contributed by atoms with Crippen LogP contribution in [-0.4, -0.2) is 0 Å². The Balaban J connectivity index is 1.09. The second kappa shape index (κ2) is 14.4. The zero-order chi connectivity index (χ0) is 39.3. The third-order valence-corrected chi connectivity index (χ3v) is 11.3. The average molecular weight is 779 g/mol. The van der Waals surface area contributed by atoms with E-state index in [9.17, 15) is 0 Å². The van der Waals surface area contributed by atoms with Crippen LogP contribution in [0.25, 0.3) is 66.1 Å². The number of furan rings is 2. The molecule has 280 valence electrons. The van der Waals surface area contributed by atoms with Crippen LogP contribution in [-0.2, 0) is 0 Å². The average Bonchev–Trinajstić information content (AvgIpc) is 3.85. The highest BCUT2D eigenvalue weighted by atomic mass is 35.5. The Morgan fingerprint density at radius 3 is 1.07 bits per heavy atom. The molecule has 9 aromatic carbocycles. The Labute approximate surface area is 346 Å². The molecule has 11 aromatic rings. The number of para-hydroxylation sites is 2. The van der Waals surface area contributed by atoms with Crippen LogP contribution in [0.4, 0.5) is 34.1 Å². The number of halogens is 1. The van der Waals surface area contributed by atoms with Gasteiger partial charge in [0, 0.05) is 72.8 Å². The predicted octanol–water partition coefficient (Wildman–Crippen LogP) is 16.4. The lowest BCUT2D eigenvalue weighted by atomic mass is 10.0. The second-order valence-corrected chi connectivity index (χ2v) is 15.2. The summed E-state index contributed by atoms with van der Waals surface area (Å²) in [5.74, 6) is 0. The van der Waals surface area contributed by atoms with Crippen molar-refractivity contribution in [2.45, 2.75) is 0 Å². The van der Waals surface area contributed by atoms with Gasteiger partial charge in [0.05, 0.1) is 0 Å². The predicted molar refractivity (Wildman–Crippen MR) is 246 cm³/mol. The molecule has 0 unspecified atom stereocenters. The van der Waals surface area contributed by atoms with Crippen LogP contribution in [0.2, 0.25) is 5.02 Å². The minimum atomic E-state index is 0.601. The SMILES string of the molecule is Clc1cc(N(c2ccc(-c3ccccc3)cc2)c2ccc3c(c2)oc2ccccc23)cc(N(c2ccc(-c3ccccc3)cc2)c2ccc3c(c2)oc2ccccc23)c1. The molecule has 0 fully saturated rings. The summed E-state index contributed by atoms with van der Waals surface area (Å²) in [6.45, 7) is 0. The zero-order valence-electron chi connectivity index (χ0n) is 31.8. The van der Waals surface area contributed by atoms with E-state index >= 15 is 0 Å². The highest BCUT2D eigenvalue weighted by Crippen LogP contribution is 2.45. The van der Waals surface area contributed by atoms with Crippen LogP contribution in [0.5, 0.6) is 0 Å². The molecule has 5 heteroatoms. The molecule has 2 heterocycles. The smallest absolute Gasteiger partial charge is 0.137 e. The highest BCUT2D eigenvalue weighted by molar-refractivity contribution is 6.31. The zero-order valence-corrected chi connectivity index (χ0v) is 32.6. The Morgan fingerprint density at radius 2 is 0.627 bits per heavy atom. The number of hydrogen-bond acceptors (Lipinski definition) is 4. The van der Waals surface area contributed by atoms with E-state index in [0.29, 0.717) is 5.02 Å². The summed E-state index contributed by atoms with van der Waals surface area (Å²) in [5.41, 5.74) is 13.6. The first kappa shape index (κ1) is 34.7. The summed E-state index contributed by atoms with van der Waals surface area (Å²) in [5, 5.41) is 4.92. The van der Waals surface area contributed by atoms with E-state index < -0.39 is 0 Å². The highest BCUT2D eigenvalue weighted by Gasteiger charge is 2.21. The lowest BCUT2D eigenvalue weighted by Crippen LogP contribution is -2.13. The molecule has 2 aromatic heterocycles. The van der Waals surface area contributed by atoms with Crippen molar-refractivity contribution in [1.82, 2.24) is 0 Å². The molecule has 0 saturated carbocycles. The van der Waals surface area contributed by atoms with Crippen molar-refractivity contribution in [3.8, 4) is 22.3 Å². The van der Waals surface area contributed by atoms with Crippen LogP contribution in [0.3, 0.4) is 0 Å². The van der Waals surface area contributed by atoms with Gasteiger partial charge in [0.25, 0.3) is 0 Å². The molecule has 0 aliphatic heterocycles. The summed E-state index contributed by atoms with van der Waals surface area (Å²) in [6, 6.07) is 73.7. The van der Waals surface area contributed by atoms with Gasteiger partial charge in [-0.1, -0.05) is 133 Å². The van der Waals surface area contributed by atoms with E-state index in [1.165, 1.54) is 0 Å². The Kier molecular flexibility index (Phi) is 8.49. The number of benzene rings is 9. The number of fused-ring (bicyclic) bond motifs is 6. The van der Waals surface area contributed by atoms with Gasteiger partial charge in [-0.15, -0.1) is 0 Å². The van der Waals surface area contributed by atoms with E-state index in [4.69, 9.17) is 20.4 Å². The third-order valence-electron chi connectivity index (χ3n) is 11.1. The monoisotopic (exact) mass is 778 g/mol. The van der Waals surface area contributed by atoms with E-state index in [1.54, 1.807) is 0 Å². The van der Waals surface area contributed by atoms with Gasteiger partial charge in [-0.25, -0.2) is 0 Å². The largest absolute Gasteiger partial charge is 0.456 e. The van der Waals surface area contributed by atoms with Gasteiger partial charge < -0.3 is 18.6 Å². The minimum absolute atomic E-state index is 0.601. The fourth-order valence-corrected chi connectivity index (χ4v) is 8.51. The lowest BCUT2D eigenvalue weighted by molar-refractivity contribution is 0.668. The van der Waals surface area contributed by atoms with E-state index in [2.05, 4.69) is 161 Å². The maximum atomic E-state index is 7.21. The van der Waals surface area contributed by atoms with Gasteiger partial charge in [-0.3, -0.25) is 0 Å². The fourth-order valence-electron chi connectivity index (χ4n) is 8.29. The Morgan fingerprint density at radius 1 is 0.271 bits per heavy atom. The van der Waals surface area contributed by atoms with Crippen LogP contribution in [0, 0.1) is 0 Å². The van der Waals surface area contributed by atoms with E-state index in [0.717, 1.165) is 100 Å². The van der Waals surface area contributed by atoms with Crippen molar-refractivity contribution in [3.63, 3.8) is 0 Å². The molecule has 0 bridgehead atoms. The Bertz CT molecular complexity index is 3060. The van der Waals surface area contributed by atoms with Gasteiger partial charge in [-0.05, 0) is 101 Å². The van der Waals surface area contributed by atoms with Crippen molar-refractivity contribution in [2.75, 3.05) is 9.80 Å². The summed E-state index contributed by atoms with van der Waals surface area (Å²) in [7, 11) is 0. The van der Waals surface area contributed by atoms with E-state index in [1.807, 2.05) is 60.7 Å². The molecular formula is C54H35ClN2O2. The molecule has 0 radical (unpaired) electrons. The molecule has 0 N–H and O–H groups in total. The van der Waals surface area contributed by atoms with Gasteiger partial charge >= 0.3 is 0 Å². The van der Waals surface area contributed by atoms with Gasteiger partial charge in [0.2, 0.25) is 0 Å². The molecule has 0 spiro atoms. The first-order chi connectivity index (χ1) is 29.1. The van der Waals surface area contributed by atoms with Gasteiger partial charge in [0.1, 0.15) is 22.3 Å². The van der Waals surface area contributed by atoms with Crippen molar-refractivity contribution in [1.29, 1.82) is 0 Å². The van der Waals surface area contributed by atoms with Gasteiger partial charge in [-0.2, -0.15) is 0 Å². The molecule has 11 rings (SSSR count). The van der Waals surface area contributed by atoms with Crippen LogP contribution < -0.4 is 9.80 Å². The Hall–Kier alpha value is -7.53. The first-order valence-corrected chi connectivity index (χ1v) is 20.1. The molecule has 0 amide bonds. The van der Waals surface area contributed by atoms with Gasteiger partial charge in [0.15, 0.2) is 0 Å². The van der Waals surface area contributed by atoms with E-state index in [-0.39, 0.29) is 0 Å². The van der Waals surface area contributed by atoms with Crippen LogP contribution in [0.1, 0.15) is 0 Å². The minimum Gasteiger partial charge on any atom is -0.456 e. The number of rotatable bonds is 8. The normalized spacial score (nSPS) is 11.5. The summed E-state index contributed by atoms with van der Waals surface area (Å²) in [4.78, 5) is 4.49. The molecular weight excluding hydrogens is 744 g/mol. The molecule has 0 aliphatic carbocycles. The quantitative estimate of drug-likeness (QED) is 0.154. The lowest BCUT2D eigenvalue weighted by Gasteiger charge is -2.30. The van der Waals surface area contributed by atoms with Crippen LogP contribution in [0.15, 0.2) is 221 Å². The summed E-state index contributed by atoms with van der Waals surface area (Å²) >= 11 is 7.21. The number of hydrogen-bond donors (Lipinski definition) is 0. The topological polar surface area (TPSA) is 32.8 Å². The van der Waals surface area contributed by atoms with Crippen LogP contribution >= 0.6 is 11.6 Å². The van der Waals surface area contributed by atoms with Crippen molar-refractivity contribution < 1.29 is 8.83 Å². The number of nitrogens with zero attached hydrogens (tertiary/aromatic N) is 2. The van der Waals surface area contributed by atoms with Crippen molar-refractivity contribution in [3.05, 3.63) is 217 Å². The van der Waals surface area contributed by atoms with Crippen molar-refractivity contribution in [2.24, 2.45) is 0 Å². The third kappa shape index (κ3) is 6.37. The second-order valence-electron chi connectivity index (χ2n) is 14.7. The first-order valence-electron chi connectivity index (χ1n) is 19.7. The maximum absolute atomic E-state index is 7.21. The number of anilines is 6. The molecule has 0 atom stereocenters. The fraction of sp³-hybridized carbons (Fsp3) is 0. The molecule has 59 heavy (non-hydrogen) atoms. The summed E-state index contributed by atoms with van der Waals surface area (Å²) in [6.07, 6.45) is 0. The molecule has 0 saturated heterocycles.